The number of hydrogen-bond acceptors (Lipinski definition) is 5. The van der Waals surface area contributed by atoms with Crippen molar-refractivity contribution in [2.75, 3.05) is 6.54 Å². The fourth-order valence-corrected chi connectivity index (χ4v) is 3.53. The Kier molecular flexibility index (Phi) is 4.50. The second kappa shape index (κ2) is 7.09. The number of carboxylic acids is 1. The fraction of sp³-hybridized carbons (Fsp3) is 0.250. The second-order valence-electron chi connectivity index (χ2n) is 6.38. The predicted octanol–water partition coefficient (Wildman–Crippen LogP) is 3.77. The molecular weight excluding hydrogens is 330 g/mol. The molecule has 1 aliphatic heterocycles. The minimum atomic E-state index is -0.958. The lowest BCUT2D eigenvalue weighted by molar-refractivity contribution is 0.0697. The highest BCUT2D eigenvalue weighted by Crippen LogP contribution is 2.33. The van der Waals surface area contributed by atoms with Crippen molar-refractivity contribution >= 4 is 5.97 Å². The fourth-order valence-electron chi connectivity index (χ4n) is 3.53. The molecule has 1 unspecified atom stereocenters. The number of benzene rings is 1. The van der Waals surface area contributed by atoms with E-state index in [2.05, 4.69) is 14.9 Å². The summed E-state index contributed by atoms with van der Waals surface area (Å²) in [5.41, 5.74) is 1.82. The second-order valence-corrected chi connectivity index (χ2v) is 6.38. The number of carboxylic acid groups (broad SMARTS) is 1. The van der Waals surface area contributed by atoms with Gasteiger partial charge in [0.25, 0.3) is 0 Å². The van der Waals surface area contributed by atoms with Gasteiger partial charge in [0.15, 0.2) is 0 Å². The molecule has 1 saturated heterocycles. The van der Waals surface area contributed by atoms with Crippen LogP contribution in [-0.4, -0.2) is 32.5 Å². The van der Waals surface area contributed by atoms with Gasteiger partial charge in [-0.15, -0.1) is 0 Å². The zero-order valence-corrected chi connectivity index (χ0v) is 14.2. The Morgan fingerprint density at radius 3 is 2.92 bits per heavy atom. The van der Waals surface area contributed by atoms with Crippen LogP contribution < -0.4 is 0 Å². The molecule has 1 fully saturated rings. The first-order chi connectivity index (χ1) is 12.7. The molecule has 3 aromatic rings. The number of rotatable bonds is 5. The van der Waals surface area contributed by atoms with E-state index in [0.29, 0.717) is 17.9 Å². The van der Waals surface area contributed by atoms with E-state index < -0.39 is 5.97 Å². The van der Waals surface area contributed by atoms with Gasteiger partial charge in [0, 0.05) is 24.2 Å². The normalized spacial score (nSPS) is 17.5. The van der Waals surface area contributed by atoms with Crippen molar-refractivity contribution in [1.29, 1.82) is 0 Å². The van der Waals surface area contributed by atoms with Gasteiger partial charge in [-0.1, -0.05) is 18.2 Å². The maximum absolute atomic E-state index is 11.4. The molecule has 1 atom stereocenters. The highest BCUT2D eigenvalue weighted by Gasteiger charge is 2.28. The van der Waals surface area contributed by atoms with Crippen LogP contribution in [0, 0.1) is 0 Å². The Morgan fingerprint density at radius 1 is 1.23 bits per heavy atom. The first-order valence-electron chi connectivity index (χ1n) is 8.64. The molecule has 3 heterocycles. The van der Waals surface area contributed by atoms with Crippen molar-refractivity contribution in [2.45, 2.75) is 25.4 Å². The van der Waals surface area contributed by atoms with Crippen LogP contribution >= 0.6 is 0 Å². The molecule has 6 nitrogen and oxygen atoms in total. The maximum atomic E-state index is 11.4. The first-order valence-corrected chi connectivity index (χ1v) is 8.64. The molecule has 6 heteroatoms. The van der Waals surface area contributed by atoms with Crippen LogP contribution in [0.15, 0.2) is 59.4 Å². The molecular formula is C20H19N3O3. The third kappa shape index (κ3) is 3.23. The third-order valence-corrected chi connectivity index (χ3v) is 4.73. The molecule has 0 aliphatic carbocycles. The summed E-state index contributed by atoms with van der Waals surface area (Å²) in [6.45, 7) is 1.64. The number of carbonyl (C=O) groups is 1. The van der Waals surface area contributed by atoms with Crippen molar-refractivity contribution in [3.63, 3.8) is 0 Å². The van der Waals surface area contributed by atoms with E-state index in [0.717, 1.165) is 30.8 Å². The molecule has 0 bridgehead atoms. The Bertz CT molecular complexity index is 907. The molecule has 4 rings (SSSR count). The molecule has 0 spiro atoms. The van der Waals surface area contributed by atoms with Gasteiger partial charge in [0.2, 0.25) is 0 Å². The minimum Gasteiger partial charge on any atom is -0.478 e. The molecule has 26 heavy (non-hydrogen) atoms. The summed E-state index contributed by atoms with van der Waals surface area (Å²) in [5, 5.41) is 9.36. The van der Waals surface area contributed by atoms with E-state index in [1.165, 1.54) is 0 Å². The molecule has 0 amide bonds. The van der Waals surface area contributed by atoms with Crippen LogP contribution in [-0.2, 0) is 6.54 Å². The van der Waals surface area contributed by atoms with E-state index in [9.17, 15) is 9.90 Å². The molecule has 0 radical (unpaired) electrons. The summed E-state index contributed by atoms with van der Waals surface area (Å²) in [7, 11) is 0. The monoisotopic (exact) mass is 349 g/mol. The third-order valence-electron chi connectivity index (χ3n) is 4.73. The summed E-state index contributed by atoms with van der Waals surface area (Å²) in [6.07, 6.45) is 7.38. The van der Waals surface area contributed by atoms with Crippen LogP contribution in [0.1, 0.15) is 40.7 Å². The van der Waals surface area contributed by atoms with Gasteiger partial charge in [0.1, 0.15) is 11.5 Å². The van der Waals surface area contributed by atoms with Gasteiger partial charge in [-0.05, 0) is 37.6 Å². The van der Waals surface area contributed by atoms with E-state index in [-0.39, 0.29) is 11.6 Å². The average Bonchev–Trinajstić information content (AvgIpc) is 3.32. The topological polar surface area (TPSA) is 79.5 Å². The van der Waals surface area contributed by atoms with Gasteiger partial charge in [0.05, 0.1) is 23.8 Å². The smallest absolute Gasteiger partial charge is 0.336 e. The van der Waals surface area contributed by atoms with Crippen molar-refractivity contribution in [3.8, 4) is 11.3 Å². The van der Waals surface area contributed by atoms with E-state index in [4.69, 9.17) is 4.42 Å². The highest BCUT2D eigenvalue weighted by atomic mass is 16.4. The number of aromatic nitrogens is 2. The molecule has 2 aromatic heterocycles. The number of aromatic carboxylic acids is 1. The van der Waals surface area contributed by atoms with Crippen molar-refractivity contribution in [2.24, 2.45) is 0 Å². The van der Waals surface area contributed by atoms with Crippen LogP contribution in [0.3, 0.4) is 0 Å². The van der Waals surface area contributed by atoms with Crippen LogP contribution in [0.5, 0.6) is 0 Å². The zero-order valence-electron chi connectivity index (χ0n) is 14.2. The molecule has 1 aliphatic rings. The Hall–Kier alpha value is -2.99. The Morgan fingerprint density at radius 2 is 2.12 bits per heavy atom. The lowest BCUT2D eigenvalue weighted by atomic mass is 10.1. The van der Waals surface area contributed by atoms with Crippen LogP contribution in [0.25, 0.3) is 11.3 Å². The number of hydrogen-bond donors (Lipinski definition) is 1. The first kappa shape index (κ1) is 16.5. The zero-order chi connectivity index (χ0) is 17.9. The molecule has 1 N–H and O–H groups in total. The van der Waals surface area contributed by atoms with E-state index in [1.807, 2.05) is 24.4 Å². The minimum absolute atomic E-state index is 0.239. The summed E-state index contributed by atoms with van der Waals surface area (Å²) in [5.74, 6) is 0.435. The standard InChI is InChI=1S/C20H19N3O3/c24-20(25)16-5-2-1-4-15(16)19-8-7-14(26-19)13-23-11-3-6-18(23)17-12-21-9-10-22-17/h1-2,4-5,7-10,12,18H,3,6,11,13H2,(H,24,25). The average molecular weight is 349 g/mol. The van der Waals surface area contributed by atoms with E-state index >= 15 is 0 Å². The SMILES string of the molecule is O=C(O)c1ccccc1-c1ccc(CN2CCCC2c2cnccn2)o1. The van der Waals surface area contributed by atoms with Gasteiger partial charge in [-0.25, -0.2) is 4.79 Å². The number of nitrogens with zero attached hydrogens (tertiary/aromatic N) is 3. The largest absolute Gasteiger partial charge is 0.478 e. The van der Waals surface area contributed by atoms with Crippen molar-refractivity contribution in [3.05, 3.63) is 72.0 Å². The molecule has 0 saturated carbocycles. The van der Waals surface area contributed by atoms with Crippen LogP contribution in [0.4, 0.5) is 0 Å². The Balaban J connectivity index is 1.55. The summed E-state index contributed by atoms with van der Waals surface area (Å²) in [4.78, 5) is 22.4. The summed E-state index contributed by atoms with van der Waals surface area (Å²) >= 11 is 0. The Labute approximate surface area is 151 Å². The number of furan rings is 1. The summed E-state index contributed by atoms with van der Waals surface area (Å²) in [6, 6.07) is 10.9. The van der Waals surface area contributed by atoms with E-state index in [1.54, 1.807) is 30.6 Å². The highest BCUT2D eigenvalue weighted by molar-refractivity contribution is 5.95. The molecule has 1 aromatic carbocycles. The van der Waals surface area contributed by atoms with Gasteiger partial charge in [-0.2, -0.15) is 0 Å². The lowest BCUT2D eigenvalue weighted by Crippen LogP contribution is -2.23. The lowest BCUT2D eigenvalue weighted by Gasteiger charge is -2.22. The van der Waals surface area contributed by atoms with Gasteiger partial charge >= 0.3 is 5.97 Å². The quantitative estimate of drug-likeness (QED) is 0.755. The predicted molar refractivity (Wildman–Crippen MR) is 95.5 cm³/mol. The maximum Gasteiger partial charge on any atom is 0.336 e. The van der Waals surface area contributed by atoms with Crippen LogP contribution in [0.2, 0.25) is 0 Å². The molecule has 132 valence electrons. The van der Waals surface area contributed by atoms with Crippen molar-refractivity contribution < 1.29 is 14.3 Å². The van der Waals surface area contributed by atoms with Crippen molar-refractivity contribution in [1.82, 2.24) is 14.9 Å². The number of likely N-dealkylation sites (tertiary alicyclic amines) is 1. The van der Waals surface area contributed by atoms with Gasteiger partial charge in [-0.3, -0.25) is 14.9 Å². The summed E-state index contributed by atoms with van der Waals surface area (Å²) < 4.78 is 5.97. The van der Waals surface area contributed by atoms with Gasteiger partial charge < -0.3 is 9.52 Å².